The number of carbonyl (C=O) groups excluding carboxylic acids is 4. The lowest BCUT2D eigenvalue weighted by Gasteiger charge is -2.44. The van der Waals surface area contributed by atoms with E-state index >= 15 is 0 Å². The Morgan fingerprint density at radius 1 is 0.811 bits per heavy atom. The van der Waals surface area contributed by atoms with E-state index in [2.05, 4.69) is 5.32 Å². The van der Waals surface area contributed by atoms with Crippen LogP contribution in [0.3, 0.4) is 0 Å². The van der Waals surface area contributed by atoms with E-state index < -0.39 is 54.5 Å². The van der Waals surface area contributed by atoms with Crippen LogP contribution in [0.15, 0.2) is 30.3 Å². The molecule has 1 amide bonds. The Hall–Kier alpha value is -3.06. The van der Waals surface area contributed by atoms with Crippen LogP contribution in [0.1, 0.15) is 33.3 Å². The zero-order chi connectivity index (χ0) is 27.2. The van der Waals surface area contributed by atoms with Crippen molar-refractivity contribution in [2.75, 3.05) is 33.0 Å². The molecule has 12 heteroatoms. The molecule has 0 aromatic heterocycles. The van der Waals surface area contributed by atoms with Gasteiger partial charge in [-0.3, -0.25) is 19.2 Å². The Labute approximate surface area is 215 Å². The molecule has 1 aromatic carbocycles. The molecule has 37 heavy (non-hydrogen) atoms. The van der Waals surface area contributed by atoms with Gasteiger partial charge in [0.1, 0.15) is 18.8 Å². The van der Waals surface area contributed by atoms with Gasteiger partial charge in [-0.05, 0) is 5.56 Å². The van der Waals surface area contributed by atoms with Gasteiger partial charge in [0, 0.05) is 27.7 Å². The topological polar surface area (TPSA) is 145 Å². The van der Waals surface area contributed by atoms with Gasteiger partial charge in [0.25, 0.3) is 0 Å². The van der Waals surface area contributed by atoms with Crippen molar-refractivity contribution in [3.05, 3.63) is 35.9 Å². The molecule has 1 aliphatic rings. The van der Waals surface area contributed by atoms with Crippen LogP contribution in [0.25, 0.3) is 0 Å². The molecule has 12 nitrogen and oxygen atoms in total. The van der Waals surface area contributed by atoms with Gasteiger partial charge in [0.2, 0.25) is 5.91 Å². The van der Waals surface area contributed by atoms with E-state index in [0.717, 1.165) is 5.56 Å². The summed E-state index contributed by atoms with van der Waals surface area (Å²) in [5, 5.41) is 2.63. The second kappa shape index (κ2) is 15.9. The van der Waals surface area contributed by atoms with E-state index in [0.29, 0.717) is 19.8 Å². The lowest BCUT2D eigenvalue weighted by Crippen LogP contribution is -2.66. The molecule has 0 unspecified atom stereocenters. The van der Waals surface area contributed by atoms with Gasteiger partial charge in [0.05, 0.1) is 33.0 Å². The molecule has 0 saturated carbocycles. The number of hydrogen-bond donors (Lipinski definition) is 1. The SMILES string of the molecule is CC(=O)N[C@H]1[C@H](OCCOCCOCc2ccccc2)O[C@H](COC(C)=O)[C@H](OC(C)=O)[C@@H]1OC(C)=O. The molecule has 1 saturated heterocycles. The third-order valence-corrected chi connectivity index (χ3v) is 5.06. The summed E-state index contributed by atoms with van der Waals surface area (Å²) in [6, 6.07) is 8.72. The Morgan fingerprint density at radius 3 is 2.05 bits per heavy atom. The molecule has 0 radical (unpaired) electrons. The Morgan fingerprint density at radius 2 is 1.43 bits per heavy atom. The zero-order valence-electron chi connectivity index (χ0n) is 21.5. The van der Waals surface area contributed by atoms with E-state index in [4.69, 9.17) is 33.2 Å². The van der Waals surface area contributed by atoms with Gasteiger partial charge in [-0.2, -0.15) is 0 Å². The molecule has 2 rings (SSSR count). The number of rotatable bonds is 14. The fourth-order valence-corrected chi connectivity index (χ4v) is 3.64. The van der Waals surface area contributed by atoms with Gasteiger partial charge in [0.15, 0.2) is 18.5 Å². The van der Waals surface area contributed by atoms with Gasteiger partial charge >= 0.3 is 17.9 Å². The predicted octanol–water partition coefficient (Wildman–Crippen LogP) is 0.893. The molecule has 0 aliphatic carbocycles. The van der Waals surface area contributed by atoms with Crippen LogP contribution in [0, 0.1) is 0 Å². The van der Waals surface area contributed by atoms with Crippen molar-refractivity contribution in [1.29, 1.82) is 0 Å². The molecule has 1 heterocycles. The summed E-state index contributed by atoms with van der Waals surface area (Å²) in [7, 11) is 0. The molecular formula is C25H35NO11. The average Bonchev–Trinajstić information content (AvgIpc) is 2.82. The van der Waals surface area contributed by atoms with Crippen molar-refractivity contribution >= 4 is 23.8 Å². The summed E-state index contributed by atoms with van der Waals surface area (Å²) < 4.78 is 38.6. The molecule has 0 bridgehead atoms. The van der Waals surface area contributed by atoms with Crippen molar-refractivity contribution in [3.8, 4) is 0 Å². The highest BCUT2D eigenvalue weighted by Crippen LogP contribution is 2.28. The Bertz CT molecular complexity index is 879. The van der Waals surface area contributed by atoms with Gasteiger partial charge in [-0.15, -0.1) is 0 Å². The summed E-state index contributed by atoms with van der Waals surface area (Å²) in [6.45, 7) is 5.96. The molecule has 0 spiro atoms. The monoisotopic (exact) mass is 525 g/mol. The molecule has 1 N–H and O–H groups in total. The Kier molecular flexibility index (Phi) is 13.0. The largest absolute Gasteiger partial charge is 0.463 e. The fourth-order valence-electron chi connectivity index (χ4n) is 3.64. The van der Waals surface area contributed by atoms with E-state index in [1.807, 2.05) is 30.3 Å². The summed E-state index contributed by atoms with van der Waals surface area (Å²) in [5.41, 5.74) is 1.06. The molecular weight excluding hydrogens is 490 g/mol. The van der Waals surface area contributed by atoms with Gasteiger partial charge in [-0.1, -0.05) is 30.3 Å². The number of carbonyl (C=O) groups is 4. The maximum Gasteiger partial charge on any atom is 0.303 e. The molecule has 1 aromatic rings. The van der Waals surface area contributed by atoms with Crippen LogP contribution < -0.4 is 5.32 Å². The highest BCUT2D eigenvalue weighted by atomic mass is 16.7. The smallest absolute Gasteiger partial charge is 0.303 e. The number of hydrogen-bond acceptors (Lipinski definition) is 11. The van der Waals surface area contributed by atoms with Crippen LogP contribution in [-0.2, 0) is 58.9 Å². The summed E-state index contributed by atoms with van der Waals surface area (Å²) in [5.74, 6) is -2.39. The number of ether oxygens (including phenoxy) is 7. The first-order chi connectivity index (χ1) is 17.7. The molecule has 5 atom stereocenters. The van der Waals surface area contributed by atoms with E-state index in [-0.39, 0.29) is 19.8 Å². The second-order valence-electron chi connectivity index (χ2n) is 8.24. The van der Waals surface area contributed by atoms with Crippen molar-refractivity contribution in [1.82, 2.24) is 5.32 Å². The molecule has 206 valence electrons. The quantitative estimate of drug-likeness (QED) is 0.210. The predicted molar refractivity (Wildman–Crippen MR) is 127 cm³/mol. The van der Waals surface area contributed by atoms with Gasteiger partial charge in [-0.25, -0.2) is 0 Å². The van der Waals surface area contributed by atoms with E-state index in [1.54, 1.807) is 0 Å². The summed E-state index contributed by atoms with van der Waals surface area (Å²) in [4.78, 5) is 46.9. The highest BCUT2D eigenvalue weighted by molar-refractivity contribution is 5.73. The third kappa shape index (κ3) is 11.3. The summed E-state index contributed by atoms with van der Waals surface area (Å²) in [6.07, 6.45) is -4.50. The van der Waals surface area contributed by atoms with E-state index in [1.165, 1.54) is 27.7 Å². The van der Waals surface area contributed by atoms with Gasteiger partial charge < -0.3 is 38.5 Å². The van der Waals surface area contributed by atoms with Crippen LogP contribution in [0.4, 0.5) is 0 Å². The second-order valence-corrected chi connectivity index (χ2v) is 8.24. The van der Waals surface area contributed by atoms with Crippen LogP contribution in [0.2, 0.25) is 0 Å². The zero-order valence-corrected chi connectivity index (χ0v) is 21.5. The summed E-state index contributed by atoms with van der Waals surface area (Å²) >= 11 is 0. The van der Waals surface area contributed by atoms with Crippen LogP contribution >= 0.6 is 0 Å². The first kappa shape index (κ1) is 30.2. The fraction of sp³-hybridized carbons (Fsp3) is 0.600. The number of esters is 3. The Balaban J connectivity index is 1.98. The number of amides is 1. The van der Waals surface area contributed by atoms with Crippen LogP contribution in [0.5, 0.6) is 0 Å². The highest BCUT2D eigenvalue weighted by Gasteiger charge is 2.51. The van der Waals surface area contributed by atoms with Crippen molar-refractivity contribution < 1.29 is 52.3 Å². The average molecular weight is 526 g/mol. The minimum absolute atomic E-state index is 0.0603. The first-order valence-electron chi connectivity index (χ1n) is 11.9. The number of benzene rings is 1. The van der Waals surface area contributed by atoms with Crippen LogP contribution in [-0.4, -0.2) is 87.5 Å². The minimum atomic E-state index is -1.17. The van der Waals surface area contributed by atoms with Crippen molar-refractivity contribution in [2.24, 2.45) is 0 Å². The van der Waals surface area contributed by atoms with Crippen molar-refractivity contribution in [3.63, 3.8) is 0 Å². The normalized spacial score (nSPS) is 23.1. The third-order valence-electron chi connectivity index (χ3n) is 5.06. The standard InChI is InChI=1S/C25H35NO11/c1-16(27)26-22-24(36-19(4)30)23(35-18(3)29)21(15-34-17(2)28)37-25(22)33-13-12-31-10-11-32-14-20-8-6-5-7-9-20/h5-9,21-25H,10-15H2,1-4H3,(H,26,27)/t21-,22-,23+,24-,25-/m1/s1. The molecule has 1 fully saturated rings. The van der Waals surface area contributed by atoms with Crippen molar-refractivity contribution in [2.45, 2.75) is 64.9 Å². The first-order valence-corrected chi connectivity index (χ1v) is 11.9. The lowest BCUT2D eigenvalue weighted by molar-refractivity contribution is -0.279. The lowest BCUT2D eigenvalue weighted by atomic mass is 9.96. The van der Waals surface area contributed by atoms with E-state index in [9.17, 15) is 19.2 Å². The number of nitrogens with one attached hydrogen (secondary N) is 1. The molecule has 1 aliphatic heterocycles. The maximum absolute atomic E-state index is 11.9. The minimum Gasteiger partial charge on any atom is -0.463 e. The maximum atomic E-state index is 11.9.